The fourth-order valence-corrected chi connectivity index (χ4v) is 2.19. The summed E-state index contributed by atoms with van der Waals surface area (Å²) in [6.45, 7) is 2.21. The van der Waals surface area contributed by atoms with Gasteiger partial charge in [0.1, 0.15) is 6.54 Å². The van der Waals surface area contributed by atoms with Crippen LogP contribution in [0.15, 0.2) is 0 Å². The van der Waals surface area contributed by atoms with Crippen LogP contribution in [-0.4, -0.2) is 59.5 Å². The number of carboxylic acids is 1. The van der Waals surface area contributed by atoms with Crippen LogP contribution < -0.4 is 5.73 Å². The highest BCUT2D eigenvalue weighted by atomic mass is 16.4. The van der Waals surface area contributed by atoms with Gasteiger partial charge >= 0.3 is 12.0 Å². The monoisotopic (exact) mass is 257 g/mol. The number of nitrogens with two attached hydrogens (primary N) is 1. The van der Waals surface area contributed by atoms with Gasteiger partial charge in [-0.05, 0) is 12.8 Å². The van der Waals surface area contributed by atoms with E-state index in [0.29, 0.717) is 19.4 Å². The van der Waals surface area contributed by atoms with E-state index in [1.165, 1.54) is 16.8 Å². The number of carbonyl (C=O) groups excluding carboxylic acids is 2. The van der Waals surface area contributed by atoms with Gasteiger partial charge in [0.25, 0.3) is 0 Å². The summed E-state index contributed by atoms with van der Waals surface area (Å²) in [5.41, 5.74) is 4.15. The van der Waals surface area contributed by atoms with Gasteiger partial charge < -0.3 is 20.6 Å². The molecule has 1 unspecified atom stereocenters. The maximum Gasteiger partial charge on any atom is 0.320 e. The summed E-state index contributed by atoms with van der Waals surface area (Å²) >= 11 is 0. The molecule has 3 N–H and O–H groups in total. The van der Waals surface area contributed by atoms with Crippen LogP contribution in [0.5, 0.6) is 0 Å². The van der Waals surface area contributed by atoms with E-state index in [-0.39, 0.29) is 19.1 Å². The number of likely N-dealkylation sites (N-methyl/N-ethyl adjacent to an activating group) is 1. The summed E-state index contributed by atoms with van der Waals surface area (Å²) in [4.78, 5) is 36.6. The zero-order chi connectivity index (χ0) is 13.9. The van der Waals surface area contributed by atoms with Gasteiger partial charge in [-0.3, -0.25) is 9.59 Å². The first kappa shape index (κ1) is 14.3. The molecule has 18 heavy (non-hydrogen) atoms. The molecule has 1 fully saturated rings. The van der Waals surface area contributed by atoms with E-state index in [2.05, 4.69) is 0 Å². The van der Waals surface area contributed by atoms with Crippen LogP contribution in [0.3, 0.4) is 0 Å². The highest BCUT2D eigenvalue weighted by molar-refractivity contribution is 5.84. The van der Waals surface area contributed by atoms with E-state index in [4.69, 9.17) is 5.73 Å². The molecule has 0 aromatic heterocycles. The van der Waals surface area contributed by atoms with Gasteiger partial charge in [-0.25, -0.2) is 4.79 Å². The molecule has 0 aliphatic carbocycles. The van der Waals surface area contributed by atoms with Gasteiger partial charge in [0.15, 0.2) is 0 Å². The summed E-state index contributed by atoms with van der Waals surface area (Å²) in [6.07, 6.45) is 0.917. The molecule has 3 amide bonds. The SMILES string of the molecule is CCC1(C(=O)O)CCN(C(=O)N(C)CC(N)=O)C1. The van der Waals surface area contributed by atoms with Crippen molar-refractivity contribution in [2.24, 2.45) is 11.1 Å². The standard InChI is InChI=1S/C11H19N3O4/c1-3-11(9(16)17)4-5-14(7-11)10(18)13(2)6-8(12)15/h3-7H2,1-2H3,(H2,12,15)(H,16,17). The minimum Gasteiger partial charge on any atom is -0.481 e. The number of primary amides is 1. The van der Waals surface area contributed by atoms with Crippen molar-refractivity contribution in [3.8, 4) is 0 Å². The van der Waals surface area contributed by atoms with E-state index < -0.39 is 17.3 Å². The van der Waals surface area contributed by atoms with E-state index >= 15 is 0 Å². The van der Waals surface area contributed by atoms with Crippen molar-refractivity contribution in [1.82, 2.24) is 9.80 Å². The third-order valence-electron chi connectivity index (χ3n) is 3.47. The lowest BCUT2D eigenvalue weighted by molar-refractivity contribution is -0.148. The first-order chi connectivity index (χ1) is 8.32. The van der Waals surface area contributed by atoms with Gasteiger partial charge in [0, 0.05) is 20.1 Å². The molecular weight excluding hydrogens is 238 g/mol. The maximum absolute atomic E-state index is 12.0. The van der Waals surface area contributed by atoms with Crippen LogP contribution >= 0.6 is 0 Å². The van der Waals surface area contributed by atoms with Gasteiger partial charge in [0.05, 0.1) is 5.41 Å². The third kappa shape index (κ3) is 2.72. The zero-order valence-electron chi connectivity index (χ0n) is 10.7. The van der Waals surface area contributed by atoms with Crippen molar-refractivity contribution in [3.63, 3.8) is 0 Å². The van der Waals surface area contributed by atoms with Crippen molar-refractivity contribution in [3.05, 3.63) is 0 Å². The smallest absolute Gasteiger partial charge is 0.320 e. The van der Waals surface area contributed by atoms with E-state index in [9.17, 15) is 19.5 Å². The molecule has 0 aromatic rings. The Morgan fingerprint density at radius 3 is 2.44 bits per heavy atom. The topological polar surface area (TPSA) is 104 Å². The molecule has 7 heteroatoms. The number of hydrogen-bond donors (Lipinski definition) is 2. The molecule has 1 aliphatic heterocycles. The molecule has 102 valence electrons. The second-order valence-corrected chi connectivity index (χ2v) is 4.72. The Balaban J connectivity index is 2.69. The second-order valence-electron chi connectivity index (χ2n) is 4.72. The Hall–Kier alpha value is -1.79. The number of rotatable bonds is 4. The Labute approximate surface area is 106 Å². The summed E-state index contributed by atoms with van der Waals surface area (Å²) in [5.74, 6) is -1.47. The number of nitrogens with zero attached hydrogens (tertiary/aromatic N) is 2. The van der Waals surface area contributed by atoms with E-state index in [1.54, 1.807) is 6.92 Å². The highest BCUT2D eigenvalue weighted by Crippen LogP contribution is 2.34. The normalized spacial score (nSPS) is 22.9. The number of amides is 3. The van der Waals surface area contributed by atoms with E-state index in [1.807, 2.05) is 0 Å². The molecule has 0 radical (unpaired) electrons. The average Bonchev–Trinajstić information content (AvgIpc) is 2.72. The average molecular weight is 257 g/mol. The molecule has 0 bridgehead atoms. The van der Waals surface area contributed by atoms with Crippen LogP contribution in [0.2, 0.25) is 0 Å². The number of carboxylic acid groups (broad SMARTS) is 1. The van der Waals surface area contributed by atoms with Gasteiger partial charge in [0.2, 0.25) is 5.91 Å². The fourth-order valence-electron chi connectivity index (χ4n) is 2.19. The number of likely N-dealkylation sites (tertiary alicyclic amines) is 1. The molecule has 0 aromatic carbocycles. The highest BCUT2D eigenvalue weighted by Gasteiger charge is 2.45. The number of aliphatic carboxylic acids is 1. The number of hydrogen-bond acceptors (Lipinski definition) is 3. The summed E-state index contributed by atoms with van der Waals surface area (Å²) in [5, 5.41) is 9.22. The lowest BCUT2D eigenvalue weighted by Crippen LogP contribution is -2.45. The first-order valence-electron chi connectivity index (χ1n) is 5.84. The largest absolute Gasteiger partial charge is 0.481 e. The molecular formula is C11H19N3O4. The van der Waals surface area contributed by atoms with Gasteiger partial charge in [-0.2, -0.15) is 0 Å². The molecule has 1 aliphatic rings. The minimum absolute atomic E-state index is 0.165. The molecule has 7 nitrogen and oxygen atoms in total. The first-order valence-corrected chi connectivity index (χ1v) is 5.84. The molecule has 1 atom stereocenters. The molecule has 0 saturated carbocycles. The quantitative estimate of drug-likeness (QED) is 0.722. The van der Waals surface area contributed by atoms with Crippen molar-refractivity contribution >= 4 is 17.9 Å². The third-order valence-corrected chi connectivity index (χ3v) is 3.47. The zero-order valence-corrected chi connectivity index (χ0v) is 10.7. The lowest BCUT2D eigenvalue weighted by atomic mass is 9.84. The summed E-state index contributed by atoms with van der Waals surface area (Å²) in [6, 6.07) is -0.356. The Bertz CT molecular complexity index is 371. The van der Waals surface area contributed by atoms with Crippen LogP contribution in [0, 0.1) is 5.41 Å². The van der Waals surface area contributed by atoms with Crippen molar-refractivity contribution < 1.29 is 19.5 Å². The van der Waals surface area contributed by atoms with Gasteiger partial charge in [-0.1, -0.05) is 6.92 Å². The Kier molecular flexibility index (Phi) is 4.15. The van der Waals surface area contributed by atoms with Crippen LogP contribution in [0.4, 0.5) is 4.79 Å². The van der Waals surface area contributed by atoms with Crippen LogP contribution in [-0.2, 0) is 9.59 Å². The molecule has 1 rings (SSSR count). The molecule has 0 spiro atoms. The summed E-state index contributed by atoms with van der Waals surface area (Å²) in [7, 11) is 1.47. The molecule has 1 saturated heterocycles. The molecule has 1 heterocycles. The predicted octanol–water partition coefficient (Wildman–Crippen LogP) is -0.290. The van der Waals surface area contributed by atoms with E-state index in [0.717, 1.165) is 0 Å². The van der Waals surface area contributed by atoms with Gasteiger partial charge in [-0.15, -0.1) is 0 Å². The number of urea groups is 1. The lowest BCUT2D eigenvalue weighted by Gasteiger charge is -2.26. The Morgan fingerprint density at radius 2 is 2.06 bits per heavy atom. The van der Waals surface area contributed by atoms with Crippen LogP contribution in [0.25, 0.3) is 0 Å². The fraction of sp³-hybridized carbons (Fsp3) is 0.727. The number of carbonyl (C=O) groups is 3. The van der Waals surface area contributed by atoms with Crippen molar-refractivity contribution in [1.29, 1.82) is 0 Å². The summed E-state index contributed by atoms with van der Waals surface area (Å²) < 4.78 is 0. The minimum atomic E-state index is -0.877. The predicted molar refractivity (Wildman–Crippen MR) is 63.8 cm³/mol. The van der Waals surface area contributed by atoms with Crippen molar-refractivity contribution in [2.45, 2.75) is 19.8 Å². The second kappa shape index (κ2) is 5.24. The Morgan fingerprint density at radius 1 is 1.44 bits per heavy atom. The van der Waals surface area contributed by atoms with Crippen LogP contribution in [0.1, 0.15) is 19.8 Å². The maximum atomic E-state index is 12.0. The van der Waals surface area contributed by atoms with Crippen molar-refractivity contribution in [2.75, 3.05) is 26.7 Å².